The molecular weight excluding hydrogens is 330 g/mol. The van der Waals surface area contributed by atoms with E-state index in [1.807, 2.05) is 31.7 Å². The zero-order chi connectivity index (χ0) is 17.9. The van der Waals surface area contributed by atoms with Crippen molar-refractivity contribution in [1.29, 1.82) is 5.26 Å². The molecule has 1 aliphatic heterocycles. The maximum Gasteiger partial charge on any atom is 0.410 e. The predicted molar refractivity (Wildman–Crippen MR) is 91.0 cm³/mol. The van der Waals surface area contributed by atoms with Crippen LogP contribution < -0.4 is 4.90 Å². The van der Waals surface area contributed by atoms with E-state index in [1.165, 1.54) is 0 Å². The van der Waals surface area contributed by atoms with Crippen LogP contribution >= 0.6 is 11.6 Å². The summed E-state index contributed by atoms with van der Waals surface area (Å²) in [6.07, 6.45) is 0.456. The molecule has 0 bridgehead atoms. The Kier molecular flexibility index (Phi) is 5.50. The lowest BCUT2D eigenvalue weighted by molar-refractivity contribution is 0.0262. The maximum absolute atomic E-state index is 12.3. The van der Waals surface area contributed by atoms with Crippen LogP contribution in [0.2, 0.25) is 5.28 Å². The average Bonchev–Trinajstić information content (AvgIpc) is 2.66. The number of carbonyl (C=O) groups excluding carboxylic acids is 1. The quantitative estimate of drug-likeness (QED) is 0.723. The van der Waals surface area contributed by atoms with E-state index in [4.69, 9.17) is 21.6 Å². The molecule has 7 nitrogen and oxygen atoms in total. The van der Waals surface area contributed by atoms with Gasteiger partial charge in [0, 0.05) is 31.7 Å². The van der Waals surface area contributed by atoms with Crippen LogP contribution in [0, 0.1) is 11.3 Å². The second-order valence-electron chi connectivity index (χ2n) is 6.79. The second-order valence-corrected chi connectivity index (χ2v) is 7.13. The SMILES string of the molecule is C[C@H]1CCN(C(=O)OC(C)(C)C)CCN1c1cc(C#N)nc(Cl)n1. The number of aromatic nitrogens is 2. The van der Waals surface area contributed by atoms with Crippen molar-refractivity contribution in [2.45, 2.75) is 45.8 Å². The molecule has 0 saturated carbocycles. The summed E-state index contributed by atoms with van der Waals surface area (Å²) >= 11 is 5.90. The van der Waals surface area contributed by atoms with Gasteiger partial charge in [0.15, 0.2) is 0 Å². The largest absolute Gasteiger partial charge is 0.444 e. The lowest BCUT2D eigenvalue weighted by atomic mass is 10.2. The highest BCUT2D eigenvalue weighted by Gasteiger charge is 2.28. The average molecular weight is 352 g/mol. The minimum absolute atomic E-state index is 0.0458. The van der Waals surface area contributed by atoms with Gasteiger partial charge in [-0.1, -0.05) is 0 Å². The number of nitrogens with zero attached hydrogens (tertiary/aromatic N) is 5. The van der Waals surface area contributed by atoms with Gasteiger partial charge >= 0.3 is 6.09 Å². The monoisotopic (exact) mass is 351 g/mol. The van der Waals surface area contributed by atoms with Gasteiger partial charge in [0.05, 0.1) is 0 Å². The maximum atomic E-state index is 12.3. The van der Waals surface area contributed by atoms with Crippen molar-refractivity contribution in [2.75, 3.05) is 24.5 Å². The summed E-state index contributed by atoms with van der Waals surface area (Å²) in [4.78, 5) is 24.1. The molecule has 0 radical (unpaired) electrons. The Bertz CT molecular complexity index is 653. The van der Waals surface area contributed by atoms with Gasteiger partial charge in [-0.15, -0.1) is 0 Å². The molecule has 8 heteroatoms. The van der Waals surface area contributed by atoms with Crippen molar-refractivity contribution in [3.63, 3.8) is 0 Å². The van der Waals surface area contributed by atoms with Crippen molar-refractivity contribution in [3.8, 4) is 6.07 Å². The van der Waals surface area contributed by atoms with Crippen LogP contribution in [0.1, 0.15) is 39.8 Å². The number of anilines is 1. The van der Waals surface area contributed by atoms with E-state index >= 15 is 0 Å². The molecule has 0 N–H and O–H groups in total. The first kappa shape index (κ1) is 18.3. The van der Waals surface area contributed by atoms with Gasteiger partial charge in [-0.25, -0.2) is 14.8 Å². The first-order chi connectivity index (χ1) is 11.2. The molecular formula is C16H22ClN5O2. The summed E-state index contributed by atoms with van der Waals surface area (Å²) in [5.74, 6) is 0.602. The van der Waals surface area contributed by atoms with Crippen LogP contribution in [0.4, 0.5) is 10.6 Å². The molecule has 1 fully saturated rings. The molecule has 130 valence electrons. The van der Waals surface area contributed by atoms with Gasteiger partial charge in [-0.3, -0.25) is 0 Å². The third-order valence-corrected chi connectivity index (χ3v) is 3.87. The number of amides is 1. The second kappa shape index (κ2) is 7.22. The summed E-state index contributed by atoms with van der Waals surface area (Å²) in [6.45, 7) is 9.32. The lowest BCUT2D eigenvalue weighted by Gasteiger charge is -2.28. The first-order valence-electron chi connectivity index (χ1n) is 7.89. The molecule has 0 aliphatic carbocycles. The number of hydrogen-bond acceptors (Lipinski definition) is 6. The van der Waals surface area contributed by atoms with Crippen molar-refractivity contribution < 1.29 is 9.53 Å². The van der Waals surface area contributed by atoms with Gasteiger partial charge in [0.1, 0.15) is 23.2 Å². The highest BCUT2D eigenvalue weighted by molar-refractivity contribution is 6.28. The molecule has 1 atom stereocenters. The zero-order valence-electron chi connectivity index (χ0n) is 14.4. The lowest BCUT2D eigenvalue weighted by Crippen LogP contribution is -2.39. The normalized spacial score (nSPS) is 18.8. The third-order valence-electron chi connectivity index (χ3n) is 3.71. The number of carbonyl (C=O) groups is 1. The Labute approximate surface area is 147 Å². The standard InChI is InChI=1S/C16H22ClN5O2/c1-11-5-6-21(15(23)24-16(2,3)4)7-8-22(11)13-9-12(10-18)19-14(17)20-13/h9,11H,5-8H2,1-4H3/t11-/m0/s1. The van der Waals surface area contributed by atoms with E-state index in [0.717, 1.165) is 6.42 Å². The van der Waals surface area contributed by atoms with Crippen LogP contribution in [-0.2, 0) is 4.74 Å². The van der Waals surface area contributed by atoms with E-state index in [0.29, 0.717) is 25.5 Å². The zero-order valence-corrected chi connectivity index (χ0v) is 15.2. The van der Waals surface area contributed by atoms with E-state index < -0.39 is 5.60 Å². The van der Waals surface area contributed by atoms with Crippen molar-refractivity contribution in [3.05, 3.63) is 17.0 Å². The van der Waals surface area contributed by atoms with Gasteiger partial charge in [-0.05, 0) is 45.7 Å². The molecule has 0 spiro atoms. The van der Waals surface area contributed by atoms with Crippen LogP contribution in [0.5, 0.6) is 0 Å². The van der Waals surface area contributed by atoms with Crippen LogP contribution in [0.3, 0.4) is 0 Å². The summed E-state index contributed by atoms with van der Waals surface area (Å²) in [6, 6.07) is 3.75. The highest BCUT2D eigenvalue weighted by Crippen LogP contribution is 2.22. The summed E-state index contributed by atoms with van der Waals surface area (Å²) < 4.78 is 5.44. The number of hydrogen-bond donors (Lipinski definition) is 0. The van der Waals surface area contributed by atoms with Crippen LogP contribution in [0.25, 0.3) is 0 Å². The summed E-state index contributed by atoms with van der Waals surface area (Å²) in [5.41, 5.74) is -0.290. The molecule has 2 heterocycles. The Morgan fingerprint density at radius 1 is 1.38 bits per heavy atom. The Morgan fingerprint density at radius 2 is 2.08 bits per heavy atom. The van der Waals surface area contributed by atoms with Crippen LogP contribution in [-0.4, -0.2) is 52.2 Å². The molecule has 1 aliphatic rings. The Morgan fingerprint density at radius 3 is 2.71 bits per heavy atom. The Hall–Kier alpha value is -2.07. The van der Waals surface area contributed by atoms with E-state index in [1.54, 1.807) is 11.0 Å². The van der Waals surface area contributed by atoms with Gasteiger partial charge in [0.25, 0.3) is 0 Å². The first-order valence-corrected chi connectivity index (χ1v) is 8.26. The fourth-order valence-electron chi connectivity index (χ4n) is 2.52. The van der Waals surface area contributed by atoms with Crippen molar-refractivity contribution in [1.82, 2.24) is 14.9 Å². The molecule has 0 aromatic carbocycles. The molecule has 1 saturated heterocycles. The smallest absolute Gasteiger partial charge is 0.410 e. The molecule has 1 aromatic rings. The molecule has 1 amide bonds. The fourth-order valence-corrected chi connectivity index (χ4v) is 2.70. The summed E-state index contributed by atoms with van der Waals surface area (Å²) in [7, 11) is 0. The summed E-state index contributed by atoms with van der Waals surface area (Å²) in [5, 5.41) is 9.09. The van der Waals surface area contributed by atoms with Gasteiger partial charge < -0.3 is 14.5 Å². The Balaban J connectivity index is 2.14. The van der Waals surface area contributed by atoms with Crippen LogP contribution in [0.15, 0.2) is 6.07 Å². The topological polar surface area (TPSA) is 82.4 Å². The highest BCUT2D eigenvalue weighted by atomic mass is 35.5. The minimum Gasteiger partial charge on any atom is -0.444 e. The number of ether oxygens (including phenoxy) is 1. The minimum atomic E-state index is -0.517. The third kappa shape index (κ3) is 4.71. The van der Waals surface area contributed by atoms with Gasteiger partial charge in [-0.2, -0.15) is 5.26 Å². The predicted octanol–water partition coefficient (Wildman–Crippen LogP) is 2.84. The van der Waals surface area contributed by atoms with Crippen molar-refractivity contribution >= 4 is 23.5 Å². The molecule has 24 heavy (non-hydrogen) atoms. The van der Waals surface area contributed by atoms with E-state index in [-0.39, 0.29) is 23.1 Å². The number of rotatable bonds is 1. The number of halogens is 1. The van der Waals surface area contributed by atoms with E-state index in [2.05, 4.69) is 16.9 Å². The molecule has 1 aromatic heterocycles. The van der Waals surface area contributed by atoms with Gasteiger partial charge in [0.2, 0.25) is 5.28 Å². The van der Waals surface area contributed by atoms with Crippen molar-refractivity contribution in [2.24, 2.45) is 0 Å². The number of nitriles is 1. The van der Waals surface area contributed by atoms with E-state index in [9.17, 15) is 4.79 Å². The fraction of sp³-hybridized carbons (Fsp3) is 0.625. The molecule has 2 rings (SSSR count). The molecule has 0 unspecified atom stereocenters.